The van der Waals surface area contributed by atoms with Crippen LogP contribution < -0.4 is 4.90 Å². The Morgan fingerprint density at radius 3 is 2.37 bits per heavy atom. The van der Waals surface area contributed by atoms with Crippen molar-refractivity contribution >= 4 is 35.3 Å². The van der Waals surface area contributed by atoms with Crippen molar-refractivity contribution in [1.29, 1.82) is 0 Å². The minimum absolute atomic E-state index is 0.00760. The van der Waals surface area contributed by atoms with E-state index in [9.17, 15) is 24.0 Å². The molecule has 0 aliphatic carbocycles. The first-order valence-electron chi connectivity index (χ1n) is 9.79. The zero-order chi connectivity index (χ0) is 21.6. The smallest absolute Gasteiger partial charge is 0.317 e. The molecule has 1 aromatic carbocycles. The van der Waals surface area contributed by atoms with Gasteiger partial charge in [-0.2, -0.15) is 0 Å². The van der Waals surface area contributed by atoms with Gasteiger partial charge in [0, 0.05) is 45.3 Å². The second kappa shape index (κ2) is 7.52. The van der Waals surface area contributed by atoms with Gasteiger partial charge < -0.3 is 10.0 Å². The number of likely N-dealkylation sites (N-methyl/N-ethyl adjacent to an activating group) is 1. The quantitative estimate of drug-likeness (QED) is 0.664. The third kappa shape index (κ3) is 3.32. The van der Waals surface area contributed by atoms with E-state index in [0.717, 1.165) is 15.5 Å². The van der Waals surface area contributed by atoms with E-state index in [1.807, 2.05) is 9.80 Å². The third-order valence-corrected chi connectivity index (χ3v) is 5.93. The van der Waals surface area contributed by atoms with E-state index < -0.39 is 29.7 Å². The average Bonchev–Trinajstić information content (AvgIpc) is 2.97. The van der Waals surface area contributed by atoms with Gasteiger partial charge in [-0.15, -0.1) is 0 Å². The fourth-order valence-electron chi connectivity index (χ4n) is 4.22. The minimum atomic E-state index is -0.969. The molecule has 0 radical (unpaired) electrons. The second-order valence-corrected chi connectivity index (χ2v) is 7.71. The van der Waals surface area contributed by atoms with Gasteiger partial charge in [0.2, 0.25) is 5.91 Å². The van der Waals surface area contributed by atoms with Gasteiger partial charge in [-0.3, -0.25) is 38.7 Å². The summed E-state index contributed by atoms with van der Waals surface area (Å²) in [6, 6.07) is 4.04. The second-order valence-electron chi connectivity index (χ2n) is 7.71. The fourth-order valence-corrected chi connectivity index (χ4v) is 4.22. The lowest BCUT2D eigenvalue weighted by atomic mass is 10.0. The van der Waals surface area contributed by atoms with Crippen molar-refractivity contribution in [2.24, 2.45) is 0 Å². The highest BCUT2D eigenvalue weighted by Crippen LogP contribution is 2.31. The number of carboxylic acid groups (broad SMARTS) is 1. The van der Waals surface area contributed by atoms with Crippen LogP contribution in [0.2, 0.25) is 0 Å². The minimum Gasteiger partial charge on any atom is -0.480 e. The lowest BCUT2D eigenvalue weighted by molar-refractivity contribution is -0.149. The number of carboxylic acids is 1. The number of piperazine rings is 1. The van der Waals surface area contributed by atoms with Crippen molar-refractivity contribution < 1.29 is 29.1 Å². The molecule has 0 saturated carbocycles. The number of carbonyl (C=O) groups is 5. The normalized spacial score (nSPS) is 22.7. The number of aliphatic carboxylic acids is 1. The first-order valence-corrected chi connectivity index (χ1v) is 9.79. The number of imide groups is 2. The van der Waals surface area contributed by atoms with Crippen molar-refractivity contribution in [2.45, 2.75) is 18.9 Å². The van der Waals surface area contributed by atoms with E-state index in [-0.39, 0.29) is 36.4 Å². The van der Waals surface area contributed by atoms with Gasteiger partial charge in [-0.25, -0.2) is 0 Å². The monoisotopic (exact) mass is 414 g/mol. The van der Waals surface area contributed by atoms with Crippen LogP contribution in [0.25, 0.3) is 0 Å². The summed E-state index contributed by atoms with van der Waals surface area (Å²) in [4.78, 5) is 66.8. The molecule has 3 aliphatic heterocycles. The molecular formula is C20H22N4O6. The molecular weight excluding hydrogens is 392 g/mol. The van der Waals surface area contributed by atoms with Crippen LogP contribution in [0.15, 0.2) is 18.2 Å². The lowest BCUT2D eigenvalue weighted by Gasteiger charge is -2.35. The number of rotatable bonds is 4. The number of hydrogen-bond acceptors (Lipinski definition) is 7. The Kier molecular flexibility index (Phi) is 5.02. The van der Waals surface area contributed by atoms with E-state index in [4.69, 9.17) is 5.11 Å². The zero-order valence-corrected chi connectivity index (χ0v) is 16.5. The number of piperidine rings is 1. The molecule has 0 bridgehead atoms. The Morgan fingerprint density at radius 1 is 1.03 bits per heavy atom. The summed E-state index contributed by atoms with van der Waals surface area (Å²) in [6.07, 6.45) is 0.234. The van der Waals surface area contributed by atoms with Crippen molar-refractivity contribution in [3.63, 3.8) is 0 Å². The maximum atomic E-state index is 13.0. The molecule has 3 heterocycles. The predicted octanol–water partition coefficient (Wildman–Crippen LogP) is -0.363. The van der Waals surface area contributed by atoms with Crippen LogP contribution in [0.5, 0.6) is 0 Å². The summed E-state index contributed by atoms with van der Waals surface area (Å²) in [7, 11) is 1.36. The first kappa shape index (κ1) is 20.0. The average molecular weight is 414 g/mol. The number of carbonyl (C=O) groups excluding carboxylic acids is 4. The lowest BCUT2D eigenvalue weighted by Crippen LogP contribution is -2.54. The van der Waals surface area contributed by atoms with Crippen LogP contribution >= 0.6 is 0 Å². The van der Waals surface area contributed by atoms with Gasteiger partial charge in [-0.1, -0.05) is 0 Å². The number of hydrogen-bond donors (Lipinski definition) is 1. The van der Waals surface area contributed by atoms with Crippen molar-refractivity contribution in [3.05, 3.63) is 29.3 Å². The molecule has 2 saturated heterocycles. The SMILES string of the molecule is CN1C(=O)CCC(N2C(=O)c3ccc(N4CCN(CC(=O)O)CC4)cc3C2=O)C1=O. The number of nitrogens with zero attached hydrogens (tertiary/aromatic N) is 4. The van der Waals surface area contributed by atoms with Crippen LogP contribution in [-0.4, -0.2) is 95.2 Å². The van der Waals surface area contributed by atoms with Gasteiger partial charge >= 0.3 is 5.97 Å². The third-order valence-electron chi connectivity index (χ3n) is 5.93. The van der Waals surface area contributed by atoms with Crippen LogP contribution in [0.3, 0.4) is 0 Å². The summed E-state index contributed by atoms with van der Waals surface area (Å²) >= 11 is 0. The molecule has 0 spiro atoms. The molecule has 1 atom stereocenters. The molecule has 1 aromatic rings. The molecule has 4 amide bonds. The zero-order valence-electron chi connectivity index (χ0n) is 16.5. The van der Waals surface area contributed by atoms with Gasteiger partial charge in [0.05, 0.1) is 17.7 Å². The highest BCUT2D eigenvalue weighted by molar-refractivity contribution is 6.23. The largest absolute Gasteiger partial charge is 0.480 e. The molecule has 10 heteroatoms. The summed E-state index contributed by atoms with van der Waals surface area (Å²) in [6.45, 7) is 2.36. The molecule has 158 valence electrons. The van der Waals surface area contributed by atoms with Gasteiger partial charge in [-0.05, 0) is 24.6 Å². The Morgan fingerprint density at radius 2 is 1.70 bits per heavy atom. The molecule has 3 aliphatic rings. The summed E-state index contributed by atoms with van der Waals surface area (Å²) in [5.74, 6) is -2.78. The Balaban J connectivity index is 1.52. The maximum Gasteiger partial charge on any atom is 0.317 e. The first-order chi connectivity index (χ1) is 14.3. The number of benzene rings is 1. The van der Waals surface area contributed by atoms with E-state index in [1.165, 1.54) is 7.05 Å². The highest BCUT2D eigenvalue weighted by atomic mass is 16.4. The van der Waals surface area contributed by atoms with Crippen LogP contribution in [0.4, 0.5) is 5.69 Å². The van der Waals surface area contributed by atoms with Crippen LogP contribution in [0.1, 0.15) is 33.6 Å². The Labute approximate surface area is 172 Å². The van der Waals surface area contributed by atoms with E-state index in [0.29, 0.717) is 26.2 Å². The van der Waals surface area contributed by atoms with Crippen molar-refractivity contribution in [3.8, 4) is 0 Å². The Bertz CT molecular complexity index is 953. The summed E-state index contributed by atoms with van der Waals surface area (Å²) in [5.41, 5.74) is 1.27. The van der Waals surface area contributed by atoms with E-state index in [1.54, 1.807) is 18.2 Å². The predicted molar refractivity (Wildman–Crippen MR) is 104 cm³/mol. The molecule has 1 unspecified atom stereocenters. The number of fused-ring (bicyclic) bond motifs is 1. The van der Waals surface area contributed by atoms with Crippen LogP contribution in [-0.2, 0) is 14.4 Å². The molecule has 1 N–H and O–H groups in total. The van der Waals surface area contributed by atoms with Crippen LogP contribution in [0, 0.1) is 0 Å². The molecule has 2 fully saturated rings. The van der Waals surface area contributed by atoms with Crippen molar-refractivity contribution in [2.75, 3.05) is 44.7 Å². The number of likely N-dealkylation sites (tertiary alicyclic amines) is 1. The highest BCUT2D eigenvalue weighted by Gasteiger charge is 2.46. The van der Waals surface area contributed by atoms with E-state index >= 15 is 0 Å². The summed E-state index contributed by atoms with van der Waals surface area (Å²) in [5, 5.41) is 8.92. The Hall–Kier alpha value is -3.27. The maximum absolute atomic E-state index is 13.0. The molecule has 4 rings (SSSR count). The fraction of sp³-hybridized carbons (Fsp3) is 0.450. The molecule has 0 aromatic heterocycles. The van der Waals surface area contributed by atoms with Gasteiger partial charge in [0.25, 0.3) is 17.7 Å². The van der Waals surface area contributed by atoms with Gasteiger partial charge in [0.15, 0.2) is 0 Å². The van der Waals surface area contributed by atoms with Gasteiger partial charge in [0.1, 0.15) is 6.04 Å². The summed E-state index contributed by atoms with van der Waals surface area (Å²) < 4.78 is 0. The van der Waals surface area contributed by atoms with E-state index in [2.05, 4.69) is 0 Å². The molecule has 30 heavy (non-hydrogen) atoms. The number of anilines is 1. The molecule has 10 nitrogen and oxygen atoms in total. The standard InChI is InChI=1S/C20H22N4O6/c1-21-16(25)5-4-15(20(21)30)24-18(28)13-3-2-12(10-14(13)19(24)29)23-8-6-22(7-9-23)11-17(26)27/h2-3,10,15H,4-9,11H2,1H3,(H,26,27). The topological polar surface area (TPSA) is 119 Å². The number of amides is 4. The van der Waals surface area contributed by atoms with Crippen molar-refractivity contribution in [1.82, 2.24) is 14.7 Å².